The van der Waals surface area contributed by atoms with Crippen LogP contribution in [0.25, 0.3) is 10.8 Å². The van der Waals surface area contributed by atoms with Gasteiger partial charge in [-0.2, -0.15) is 5.10 Å². The van der Waals surface area contributed by atoms with E-state index in [1.807, 2.05) is 45.0 Å². The second-order valence-corrected chi connectivity index (χ2v) is 7.14. The highest BCUT2D eigenvalue weighted by Gasteiger charge is 2.19. The summed E-state index contributed by atoms with van der Waals surface area (Å²) in [6.45, 7) is 5.75. The summed E-state index contributed by atoms with van der Waals surface area (Å²) in [6.07, 6.45) is 1.72. The van der Waals surface area contributed by atoms with Gasteiger partial charge in [-0.15, -0.1) is 0 Å². The van der Waals surface area contributed by atoms with Crippen LogP contribution >= 0.6 is 0 Å². The van der Waals surface area contributed by atoms with Crippen molar-refractivity contribution < 1.29 is 4.79 Å². The summed E-state index contributed by atoms with van der Waals surface area (Å²) in [5.41, 5.74) is 1.37. The molecule has 3 aromatic rings. The van der Waals surface area contributed by atoms with E-state index in [4.69, 9.17) is 0 Å². The molecule has 1 aromatic heterocycles. The first-order valence-corrected chi connectivity index (χ1v) is 9.33. The first-order valence-electron chi connectivity index (χ1n) is 9.33. The van der Waals surface area contributed by atoms with E-state index in [0.29, 0.717) is 16.5 Å². The van der Waals surface area contributed by atoms with Crippen LogP contribution in [0.1, 0.15) is 49.3 Å². The fourth-order valence-electron chi connectivity index (χ4n) is 3.12. The standard InChI is InChI=1S/C22H25N3O2/c1-15(2)25-22(27)19-12-8-7-11-18(19)20(24-25)21(26)23-16(3)13-14-17-9-5-4-6-10-17/h4-12,15-16H,13-14H2,1-3H3,(H,23,26). The maximum absolute atomic E-state index is 12.9. The van der Waals surface area contributed by atoms with Gasteiger partial charge in [0.2, 0.25) is 0 Å². The molecule has 1 unspecified atom stereocenters. The summed E-state index contributed by atoms with van der Waals surface area (Å²) in [5, 5.41) is 8.50. The molecule has 0 bridgehead atoms. The van der Waals surface area contributed by atoms with Gasteiger partial charge in [0, 0.05) is 11.4 Å². The van der Waals surface area contributed by atoms with Crippen LogP contribution in [-0.2, 0) is 6.42 Å². The predicted molar refractivity (Wildman–Crippen MR) is 108 cm³/mol. The van der Waals surface area contributed by atoms with Gasteiger partial charge >= 0.3 is 0 Å². The zero-order valence-electron chi connectivity index (χ0n) is 16.0. The van der Waals surface area contributed by atoms with E-state index < -0.39 is 0 Å². The lowest BCUT2D eigenvalue weighted by atomic mass is 10.1. The van der Waals surface area contributed by atoms with Crippen molar-refractivity contribution in [2.75, 3.05) is 0 Å². The van der Waals surface area contributed by atoms with Crippen molar-refractivity contribution in [2.45, 2.75) is 45.7 Å². The Morgan fingerprint density at radius 2 is 1.63 bits per heavy atom. The van der Waals surface area contributed by atoms with Crippen molar-refractivity contribution in [3.63, 3.8) is 0 Å². The summed E-state index contributed by atoms with van der Waals surface area (Å²) in [6, 6.07) is 17.2. The molecular weight excluding hydrogens is 338 g/mol. The van der Waals surface area contributed by atoms with Gasteiger partial charge in [0.1, 0.15) is 0 Å². The van der Waals surface area contributed by atoms with Crippen LogP contribution in [0, 0.1) is 0 Å². The maximum Gasteiger partial charge on any atom is 0.274 e. The minimum atomic E-state index is -0.249. The number of nitrogens with zero attached hydrogens (tertiary/aromatic N) is 2. The van der Waals surface area contributed by atoms with Crippen molar-refractivity contribution in [3.05, 3.63) is 76.2 Å². The Kier molecular flexibility index (Phi) is 5.69. The number of benzene rings is 2. The van der Waals surface area contributed by atoms with Gasteiger partial charge in [0.15, 0.2) is 5.69 Å². The Hall–Kier alpha value is -2.95. The zero-order chi connectivity index (χ0) is 19.4. The molecule has 0 spiro atoms. The first kappa shape index (κ1) is 18.8. The van der Waals surface area contributed by atoms with Crippen molar-refractivity contribution in [3.8, 4) is 0 Å². The molecule has 0 fully saturated rings. The van der Waals surface area contributed by atoms with Crippen LogP contribution in [-0.4, -0.2) is 21.7 Å². The number of aromatic nitrogens is 2. The number of hydrogen-bond donors (Lipinski definition) is 1. The topological polar surface area (TPSA) is 64.0 Å². The second kappa shape index (κ2) is 8.16. The number of fused-ring (bicyclic) bond motifs is 1. The molecule has 1 heterocycles. The van der Waals surface area contributed by atoms with Crippen LogP contribution in [0.2, 0.25) is 0 Å². The van der Waals surface area contributed by atoms with Crippen LogP contribution in [0.4, 0.5) is 0 Å². The largest absolute Gasteiger partial charge is 0.348 e. The zero-order valence-corrected chi connectivity index (χ0v) is 16.0. The predicted octanol–water partition coefficient (Wildman–Crippen LogP) is 3.73. The van der Waals surface area contributed by atoms with Gasteiger partial charge in [-0.05, 0) is 45.2 Å². The highest BCUT2D eigenvalue weighted by Crippen LogP contribution is 2.15. The van der Waals surface area contributed by atoms with E-state index in [1.54, 1.807) is 18.2 Å². The third-order valence-electron chi connectivity index (χ3n) is 4.62. The lowest BCUT2D eigenvalue weighted by Crippen LogP contribution is -2.36. The molecule has 1 N–H and O–H groups in total. The van der Waals surface area contributed by atoms with E-state index in [-0.39, 0.29) is 23.6 Å². The number of aryl methyl sites for hydroxylation is 1. The minimum Gasteiger partial charge on any atom is -0.348 e. The van der Waals surface area contributed by atoms with Gasteiger partial charge in [0.05, 0.1) is 11.4 Å². The smallest absolute Gasteiger partial charge is 0.274 e. The summed E-state index contributed by atoms with van der Waals surface area (Å²) < 4.78 is 1.38. The molecule has 0 aliphatic heterocycles. The summed E-state index contributed by atoms with van der Waals surface area (Å²) >= 11 is 0. The average molecular weight is 363 g/mol. The number of carbonyl (C=O) groups is 1. The molecule has 1 amide bonds. The van der Waals surface area contributed by atoms with E-state index >= 15 is 0 Å². The quantitative estimate of drug-likeness (QED) is 0.726. The monoisotopic (exact) mass is 363 g/mol. The van der Waals surface area contributed by atoms with E-state index in [0.717, 1.165) is 12.8 Å². The Bertz CT molecular complexity index is 993. The molecule has 1 atom stereocenters. The SMILES string of the molecule is CC(CCc1ccccc1)NC(=O)c1nn(C(C)C)c(=O)c2ccccc12. The summed E-state index contributed by atoms with van der Waals surface area (Å²) in [5.74, 6) is -0.249. The molecule has 140 valence electrons. The number of hydrogen-bond acceptors (Lipinski definition) is 3. The minimum absolute atomic E-state index is 0.00213. The normalized spacial score (nSPS) is 12.3. The molecule has 2 aromatic carbocycles. The van der Waals surface area contributed by atoms with Crippen molar-refractivity contribution in [1.29, 1.82) is 0 Å². The van der Waals surface area contributed by atoms with Crippen molar-refractivity contribution in [2.24, 2.45) is 0 Å². The third kappa shape index (κ3) is 4.25. The third-order valence-corrected chi connectivity index (χ3v) is 4.62. The Balaban J connectivity index is 1.82. The molecule has 5 nitrogen and oxygen atoms in total. The molecule has 0 saturated heterocycles. The van der Waals surface area contributed by atoms with Gasteiger partial charge < -0.3 is 5.32 Å². The second-order valence-electron chi connectivity index (χ2n) is 7.14. The fraction of sp³-hybridized carbons (Fsp3) is 0.318. The summed E-state index contributed by atoms with van der Waals surface area (Å²) in [4.78, 5) is 25.5. The molecule has 0 aliphatic rings. The number of amides is 1. The van der Waals surface area contributed by atoms with Gasteiger partial charge in [-0.1, -0.05) is 48.5 Å². The fourth-order valence-corrected chi connectivity index (χ4v) is 3.12. The Morgan fingerprint density at radius 3 is 2.30 bits per heavy atom. The number of nitrogens with one attached hydrogen (secondary N) is 1. The lowest BCUT2D eigenvalue weighted by molar-refractivity contribution is 0.0932. The number of rotatable bonds is 6. The molecule has 0 radical (unpaired) electrons. The van der Waals surface area contributed by atoms with Gasteiger partial charge in [-0.25, -0.2) is 4.68 Å². The maximum atomic E-state index is 12.9. The lowest BCUT2D eigenvalue weighted by Gasteiger charge is -2.16. The molecule has 27 heavy (non-hydrogen) atoms. The molecular formula is C22H25N3O2. The molecule has 0 saturated carbocycles. The van der Waals surface area contributed by atoms with E-state index in [1.165, 1.54) is 10.2 Å². The average Bonchev–Trinajstić information content (AvgIpc) is 2.67. The Morgan fingerprint density at radius 1 is 1.00 bits per heavy atom. The first-order chi connectivity index (χ1) is 13.0. The highest BCUT2D eigenvalue weighted by molar-refractivity contribution is 6.04. The van der Waals surface area contributed by atoms with Crippen molar-refractivity contribution >= 4 is 16.7 Å². The van der Waals surface area contributed by atoms with Crippen LogP contribution in [0.3, 0.4) is 0 Å². The Labute approximate surface area is 159 Å². The van der Waals surface area contributed by atoms with E-state index in [9.17, 15) is 9.59 Å². The molecule has 5 heteroatoms. The molecule has 3 rings (SSSR count). The highest BCUT2D eigenvalue weighted by atomic mass is 16.2. The van der Waals surface area contributed by atoms with E-state index in [2.05, 4.69) is 22.5 Å². The van der Waals surface area contributed by atoms with Crippen molar-refractivity contribution in [1.82, 2.24) is 15.1 Å². The van der Waals surface area contributed by atoms with Crippen LogP contribution in [0.15, 0.2) is 59.4 Å². The number of carbonyl (C=O) groups excluding carboxylic acids is 1. The van der Waals surface area contributed by atoms with Crippen LogP contribution in [0.5, 0.6) is 0 Å². The van der Waals surface area contributed by atoms with Gasteiger partial charge in [-0.3, -0.25) is 9.59 Å². The molecule has 0 aliphatic carbocycles. The van der Waals surface area contributed by atoms with Crippen LogP contribution < -0.4 is 10.9 Å². The van der Waals surface area contributed by atoms with Gasteiger partial charge in [0.25, 0.3) is 11.5 Å². The summed E-state index contributed by atoms with van der Waals surface area (Å²) in [7, 11) is 0.